The lowest BCUT2D eigenvalue weighted by Crippen LogP contribution is -2.53. The maximum atomic E-state index is 13.1. The third kappa shape index (κ3) is 3.05. The Morgan fingerprint density at radius 3 is 2.38 bits per heavy atom. The Labute approximate surface area is 128 Å². The van der Waals surface area contributed by atoms with Crippen LogP contribution in [-0.4, -0.2) is 39.1 Å². The van der Waals surface area contributed by atoms with E-state index in [1.165, 1.54) is 12.8 Å². The summed E-state index contributed by atoms with van der Waals surface area (Å²) in [6.07, 6.45) is 5.82. The molecule has 21 heavy (non-hydrogen) atoms. The minimum absolute atomic E-state index is 0.222. The van der Waals surface area contributed by atoms with Gasteiger partial charge in [-0.25, -0.2) is 0 Å². The van der Waals surface area contributed by atoms with Crippen molar-refractivity contribution >= 4 is 5.78 Å². The van der Waals surface area contributed by atoms with Crippen LogP contribution < -0.4 is 0 Å². The van der Waals surface area contributed by atoms with Gasteiger partial charge < -0.3 is 0 Å². The van der Waals surface area contributed by atoms with Crippen LogP contribution in [-0.2, 0) is 24.7 Å². The summed E-state index contributed by atoms with van der Waals surface area (Å²) in [6, 6.07) is 2.09. The molecular formula is C17H29N3O. The van der Waals surface area contributed by atoms with Crippen molar-refractivity contribution in [2.75, 3.05) is 13.1 Å². The fourth-order valence-corrected chi connectivity index (χ4v) is 3.80. The van der Waals surface area contributed by atoms with Gasteiger partial charge in [-0.2, -0.15) is 5.10 Å². The Balaban J connectivity index is 2.21. The molecule has 0 radical (unpaired) electrons. The van der Waals surface area contributed by atoms with E-state index in [1.54, 1.807) is 0 Å². The highest BCUT2D eigenvalue weighted by Crippen LogP contribution is 2.36. The van der Waals surface area contributed by atoms with Crippen LogP contribution in [0.25, 0.3) is 0 Å². The predicted molar refractivity (Wildman–Crippen MR) is 85.4 cm³/mol. The molecule has 1 aromatic heterocycles. The minimum Gasteiger partial charge on any atom is -0.297 e. The molecule has 2 rings (SSSR count). The molecule has 0 N–H and O–H groups in total. The molecule has 0 aliphatic heterocycles. The molecule has 1 fully saturated rings. The number of ketones is 1. The molecule has 0 saturated heterocycles. The summed E-state index contributed by atoms with van der Waals surface area (Å²) in [4.78, 5) is 15.4. The van der Waals surface area contributed by atoms with E-state index < -0.39 is 0 Å². The second kappa shape index (κ2) is 6.73. The van der Waals surface area contributed by atoms with E-state index >= 15 is 0 Å². The standard InChI is InChI=1S/C17H29N3O/c1-5-14-12-15(19(4)18-14)13-16(21)17(10-8-9-11-17)20(6-2)7-3/h12H,5-11,13H2,1-4H3. The number of carbonyl (C=O) groups is 1. The Kier molecular flexibility index (Phi) is 5.20. The van der Waals surface area contributed by atoms with Gasteiger partial charge in [-0.05, 0) is 38.4 Å². The molecule has 0 aromatic carbocycles. The molecule has 1 aliphatic rings. The molecular weight excluding hydrogens is 262 g/mol. The number of likely N-dealkylation sites (N-methyl/N-ethyl adjacent to an activating group) is 1. The highest BCUT2D eigenvalue weighted by atomic mass is 16.1. The number of Topliss-reactive ketones (excluding diaryl/α,β-unsaturated/α-hetero) is 1. The first-order chi connectivity index (χ1) is 10.1. The summed E-state index contributed by atoms with van der Waals surface area (Å²) >= 11 is 0. The van der Waals surface area contributed by atoms with E-state index in [0.29, 0.717) is 12.2 Å². The van der Waals surface area contributed by atoms with Crippen LogP contribution in [0.15, 0.2) is 6.07 Å². The van der Waals surface area contributed by atoms with Gasteiger partial charge >= 0.3 is 0 Å². The maximum absolute atomic E-state index is 13.1. The topological polar surface area (TPSA) is 38.1 Å². The zero-order valence-electron chi connectivity index (χ0n) is 14.0. The summed E-state index contributed by atoms with van der Waals surface area (Å²) in [5.41, 5.74) is 1.90. The molecule has 0 bridgehead atoms. The van der Waals surface area contributed by atoms with E-state index in [0.717, 1.165) is 43.7 Å². The van der Waals surface area contributed by atoms with E-state index in [4.69, 9.17) is 0 Å². The average Bonchev–Trinajstić information content (AvgIpc) is 3.09. The van der Waals surface area contributed by atoms with Crippen LogP contribution in [0.2, 0.25) is 0 Å². The van der Waals surface area contributed by atoms with Gasteiger partial charge in [0.1, 0.15) is 0 Å². The first-order valence-corrected chi connectivity index (χ1v) is 8.37. The molecule has 1 aliphatic carbocycles. The van der Waals surface area contributed by atoms with Crippen molar-refractivity contribution in [1.29, 1.82) is 0 Å². The molecule has 0 spiro atoms. The summed E-state index contributed by atoms with van der Waals surface area (Å²) in [5, 5.41) is 4.47. The van der Waals surface area contributed by atoms with Crippen LogP contribution in [0.4, 0.5) is 0 Å². The Bertz CT molecular complexity index is 482. The van der Waals surface area contributed by atoms with E-state index in [1.807, 2.05) is 11.7 Å². The summed E-state index contributed by atoms with van der Waals surface area (Å²) in [5.74, 6) is 0.384. The largest absolute Gasteiger partial charge is 0.297 e. The third-order valence-electron chi connectivity index (χ3n) is 5.05. The molecule has 0 atom stereocenters. The van der Waals surface area contributed by atoms with Crippen molar-refractivity contribution in [3.63, 3.8) is 0 Å². The number of rotatable bonds is 7. The van der Waals surface area contributed by atoms with Crippen molar-refractivity contribution in [1.82, 2.24) is 14.7 Å². The summed E-state index contributed by atoms with van der Waals surface area (Å²) < 4.78 is 1.88. The third-order valence-corrected chi connectivity index (χ3v) is 5.05. The van der Waals surface area contributed by atoms with Gasteiger partial charge in [-0.1, -0.05) is 33.6 Å². The summed E-state index contributed by atoms with van der Waals surface area (Å²) in [6.45, 7) is 8.33. The maximum Gasteiger partial charge on any atom is 0.158 e. The number of aromatic nitrogens is 2. The lowest BCUT2D eigenvalue weighted by Gasteiger charge is -2.39. The Hall–Kier alpha value is -1.16. The Morgan fingerprint density at radius 2 is 1.90 bits per heavy atom. The molecule has 0 amide bonds. The fraction of sp³-hybridized carbons (Fsp3) is 0.765. The van der Waals surface area contributed by atoms with Gasteiger partial charge in [0.2, 0.25) is 0 Å². The molecule has 1 heterocycles. The van der Waals surface area contributed by atoms with Crippen molar-refractivity contribution in [3.8, 4) is 0 Å². The predicted octanol–water partition coefficient (Wildman–Crippen LogP) is 2.75. The molecule has 118 valence electrons. The normalized spacial score (nSPS) is 17.6. The van der Waals surface area contributed by atoms with Gasteiger partial charge in [0.15, 0.2) is 5.78 Å². The van der Waals surface area contributed by atoms with Crippen molar-refractivity contribution < 1.29 is 4.79 Å². The van der Waals surface area contributed by atoms with Gasteiger partial charge in [0.25, 0.3) is 0 Å². The number of carbonyl (C=O) groups excluding carboxylic acids is 1. The molecule has 0 unspecified atom stereocenters. The second-order valence-corrected chi connectivity index (χ2v) is 6.12. The zero-order valence-corrected chi connectivity index (χ0v) is 14.0. The number of aryl methyl sites for hydroxylation is 2. The van der Waals surface area contributed by atoms with Gasteiger partial charge in [0.05, 0.1) is 17.7 Å². The number of hydrogen-bond donors (Lipinski definition) is 0. The SMILES string of the molecule is CCc1cc(CC(=O)C2(N(CC)CC)CCCC2)n(C)n1. The van der Waals surface area contributed by atoms with Crippen LogP contribution in [0.1, 0.15) is 57.8 Å². The van der Waals surface area contributed by atoms with Crippen molar-refractivity contribution in [2.24, 2.45) is 7.05 Å². The van der Waals surface area contributed by atoms with Crippen LogP contribution in [0.3, 0.4) is 0 Å². The van der Waals surface area contributed by atoms with E-state index in [-0.39, 0.29) is 5.54 Å². The molecule has 1 aromatic rings. The van der Waals surface area contributed by atoms with Crippen LogP contribution in [0, 0.1) is 0 Å². The number of hydrogen-bond acceptors (Lipinski definition) is 3. The van der Waals surface area contributed by atoms with Crippen molar-refractivity contribution in [2.45, 2.75) is 64.8 Å². The lowest BCUT2D eigenvalue weighted by molar-refractivity contribution is -0.130. The minimum atomic E-state index is -0.222. The quantitative estimate of drug-likeness (QED) is 0.775. The first kappa shape index (κ1) is 16.2. The summed E-state index contributed by atoms with van der Waals surface area (Å²) in [7, 11) is 1.94. The molecule has 1 saturated carbocycles. The smallest absolute Gasteiger partial charge is 0.158 e. The van der Waals surface area contributed by atoms with Crippen LogP contribution >= 0.6 is 0 Å². The van der Waals surface area contributed by atoms with Crippen molar-refractivity contribution in [3.05, 3.63) is 17.5 Å². The molecule has 4 heteroatoms. The van der Waals surface area contributed by atoms with E-state index in [2.05, 4.69) is 36.8 Å². The Morgan fingerprint density at radius 1 is 1.29 bits per heavy atom. The molecule has 4 nitrogen and oxygen atoms in total. The first-order valence-electron chi connectivity index (χ1n) is 8.37. The fourth-order valence-electron chi connectivity index (χ4n) is 3.80. The monoisotopic (exact) mass is 291 g/mol. The lowest BCUT2D eigenvalue weighted by atomic mass is 9.87. The highest BCUT2D eigenvalue weighted by Gasteiger charge is 2.44. The average molecular weight is 291 g/mol. The van der Waals surface area contributed by atoms with Gasteiger partial charge in [-0.3, -0.25) is 14.4 Å². The number of nitrogens with zero attached hydrogens (tertiary/aromatic N) is 3. The van der Waals surface area contributed by atoms with Gasteiger partial charge in [0, 0.05) is 12.7 Å². The van der Waals surface area contributed by atoms with E-state index in [9.17, 15) is 4.79 Å². The second-order valence-electron chi connectivity index (χ2n) is 6.12. The van der Waals surface area contributed by atoms with Crippen LogP contribution in [0.5, 0.6) is 0 Å². The van der Waals surface area contributed by atoms with Gasteiger partial charge in [-0.15, -0.1) is 0 Å². The zero-order chi connectivity index (χ0) is 15.5. The highest BCUT2D eigenvalue weighted by molar-refractivity contribution is 5.90.